The zero-order valence-corrected chi connectivity index (χ0v) is 18.8. The van der Waals surface area contributed by atoms with Crippen molar-refractivity contribution in [1.29, 1.82) is 0 Å². The van der Waals surface area contributed by atoms with E-state index in [1.807, 2.05) is 36.4 Å². The molecule has 6 N–H and O–H groups in total. The van der Waals surface area contributed by atoms with Crippen LogP contribution in [0.15, 0.2) is 54.7 Å². The minimum Gasteiger partial charge on any atom is -0.493 e. The van der Waals surface area contributed by atoms with Gasteiger partial charge in [0.1, 0.15) is 5.82 Å². The van der Waals surface area contributed by atoms with E-state index >= 15 is 0 Å². The molecule has 3 aromatic heterocycles. The molecule has 4 aromatic rings. The highest BCUT2D eigenvalue weighted by atomic mass is 19.1. The highest BCUT2D eigenvalue weighted by Crippen LogP contribution is 2.27. The predicted octanol–water partition coefficient (Wildman–Crippen LogP) is 3.65. The highest BCUT2D eigenvalue weighted by Gasteiger charge is 2.21. The lowest BCUT2D eigenvalue weighted by Gasteiger charge is -2.27. The number of benzene rings is 1. The van der Waals surface area contributed by atoms with E-state index in [0.717, 1.165) is 43.5 Å². The standard InChI is InChI=1S/C24H25FN8O2/c25-20-10-17(11-22(34)31-20)30-24(35)19-13-27-23-18(28-15-4-2-1-3-5-15)12-21(32-33(19)23)29-16-8-6-14(26)7-9-16/h1-5,10-14,16,28H,6-9,26H2,(H,29,32)(H2,30,31,34,35)/t14-,16-. The van der Waals surface area contributed by atoms with Crippen LogP contribution in [0.1, 0.15) is 36.2 Å². The molecule has 35 heavy (non-hydrogen) atoms. The number of amides is 1. The molecular formula is C24H25FN8O2. The second-order valence-corrected chi connectivity index (χ2v) is 8.56. The fourth-order valence-corrected chi connectivity index (χ4v) is 4.19. The van der Waals surface area contributed by atoms with E-state index < -0.39 is 17.7 Å². The molecule has 180 valence electrons. The van der Waals surface area contributed by atoms with Crippen molar-refractivity contribution in [2.75, 3.05) is 16.0 Å². The summed E-state index contributed by atoms with van der Waals surface area (Å²) in [6.45, 7) is 0. The summed E-state index contributed by atoms with van der Waals surface area (Å²) >= 11 is 0. The summed E-state index contributed by atoms with van der Waals surface area (Å²) in [4.78, 5) is 20.7. The molecule has 1 saturated carbocycles. The molecule has 1 fully saturated rings. The summed E-state index contributed by atoms with van der Waals surface area (Å²) in [6, 6.07) is 14.1. The number of hydrogen-bond donors (Lipinski definition) is 5. The Balaban J connectivity index is 1.49. The van der Waals surface area contributed by atoms with Crippen molar-refractivity contribution in [2.24, 2.45) is 5.73 Å². The average Bonchev–Trinajstić information content (AvgIpc) is 3.25. The van der Waals surface area contributed by atoms with Crippen LogP contribution in [0.3, 0.4) is 0 Å². The summed E-state index contributed by atoms with van der Waals surface area (Å²) in [5.41, 5.74) is 8.20. The number of fused-ring (bicyclic) bond motifs is 1. The normalized spacial score (nSPS) is 17.8. The molecule has 0 saturated heterocycles. The van der Waals surface area contributed by atoms with Crippen LogP contribution in [0, 0.1) is 5.95 Å². The first-order chi connectivity index (χ1) is 16.9. The van der Waals surface area contributed by atoms with Gasteiger partial charge in [0.25, 0.3) is 5.91 Å². The third-order valence-electron chi connectivity index (χ3n) is 5.92. The van der Waals surface area contributed by atoms with Gasteiger partial charge in [0, 0.05) is 36.0 Å². The van der Waals surface area contributed by atoms with Crippen molar-refractivity contribution in [3.05, 3.63) is 66.4 Å². The van der Waals surface area contributed by atoms with E-state index in [9.17, 15) is 14.3 Å². The third kappa shape index (κ3) is 5.14. The van der Waals surface area contributed by atoms with E-state index in [1.165, 1.54) is 10.7 Å². The van der Waals surface area contributed by atoms with Crippen LogP contribution in [-0.4, -0.2) is 42.7 Å². The largest absolute Gasteiger partial charge is 0.493 e. The van der Waals surface area contributed by atoms with Gasteiger partial charge in [-0.15, -0.1) is 5.10 Å². The zero-order valence-electron chi connectivity index (χ0n) is 18.8. The maximum Gasteiger partial charge on any atom is 0.276 e. The Bertz CT molecular complexity index is 1330. The molecular weight excluding hydrogens is 451 g/mol. The molecule has 0 radical (unpaired) electrons. The first-order valence-electron chi connectivity index (χ1n) is 11.4. The summed E-state index contributed by atoms with van der Waals surface area (Å²) in [6.07, 6.45) is 5.12. The van der Waals surface area contributed by atoms with Crippen LogP contribution in [-0.2, 0) is 0 Å². The smallest absolute Gasteiger partial charge is 0.276 e. The van der Waals surface area contributed by atoms with Crippen LogP contribution in [0.5, 0.6) is 5.88 Å². The summed E-state index contributed by atoms with van der Waals surface area (Å²) in [5.74, 6) is -1.44. The molecule has 0 spiro atoms. The van der Waals surface area contributed by atoms with E-state index in [4.69, 9.17) is 5.73 Å². The number of hydrogen-bond acceptors (Lipinski definition) is 8. The maximum absolute atomic E-state index is 13.6. The molecule has 0 aliphatic heterocycles. The predicted molar refractivity (Wildman–Crippen MR) is 130 cm³/mol. The molecule has 5 rings (SSSR count). The fraction of sp³-hybridized carbons (Fsp3) is 0.250. The Morgan fingerprint density at radius 1 is 1.09 bits per heavy atom. The second-order valence-electron chi connectivity index (χ2n) is 8.56. The van der Waals surface area contributed by atoms with E-state index in [1.54, 1.807) is 0 Å². The summed E-state index contributed by atoms with van der Waals surface area (Å²) in [5, 5.41) is 23.5. The lowest BCUT2D eigenvalue weighted by molar-refractivity contribution is 0.102. The molecule has 11 heteroatoms. The number of rotatable bonds is 6. The second kappa shape index (κ2) is 9.55. The van der Waals surface area contributed by atoms with Gasteiger partial charge in [0.15, 0.2) is 11.3 Å². The van der Waals surface area contributed by atoms with Crippen LogP contribution in [0.4, 0.5) is 27.3 Å². The van der Waals surface area contributed by atoms with Gasteiger partial charge >= 0.3 is 0 Å². The summed E-state index contributed by atoms with van der Waals surface area (Å²) < 4.78 is 15.0. The SMILES string of the molecule is N[C@H]1CC[C@H](Nc2cc(Nc3ccccc3)c3ncc(C(=O)Nc4cc(O)nc(F)c4)n3n2)CC1. The van der Waals surface area contributed by atoms with Gasteiger partial charge < -0.3 is 26.8 Å². The molecule has 1 aromatic carbocycles. The molecule has 0 bridgehead atoms. The number of halogens is 1. The van der Waals surface area contributed by atoms with Crippen molar-refractivity contribution in [1.82, 2.24) is 19.6 Å². The van der Waals surface area contributed by atoms with Gasteiger partial charge in [0.05, 0.1) is 17.6 Å². The number of pyridine rings is 1. The van der Waals surface area contributed by atoms with Crippen molar-refractivity contribution < 1.29 is 14.3 Å². The van der Waals surface area contributed by atoms with Crippen LogP contribution >= 0.6 is 0 Å². The highest BCUT2D eigenvalue weighted by molar-refractivity contribution is 6.03. The Kier molecular flexibility index (Phi) is 6.15. The van der Waals surface area contributed by atoms with E-state index in [-0.39, 0.29) is 23.5 Å². The first-order valence-corrected chi connectivity index (χ1v) is 11.4. The lowest BCUT2D eigenvalue weighted by atomic mass is 9.92. The Hall–Kier alpha value is -4.25. The van der Waals surface area contributed by atoms with Gasteiger partial charge in [-0.1, -0.05) is 18.2 Å². The van der Waals surface area contributed by atoms with Crippen molar-refractivity contribution in [3.63, 3.8) is 0 Å². The number of nitrogens with two attached hydrogens (primary N) is 1. The molecule has 1 aliphatic carbocycles. The van der Waals surface area contributed by atoms with Crippen molar-refractivity contribution in [3.8, 4) is 5.88 Å². The number of imidazole rings is 1. The summed E-state index contributed by atoms with van der Waals surface area (Å²) in [7, 11) is 0. The van der Waals surface area contributed by atoms with Gasteiger partial charge in [-0.25, -0.2) is 9.50 Å². The van der Waals surface area contributed by atoms with E-state index in [2.05, 4.69) is 31.0 Å². The Morgan fingerprint density at radius 3 is 2.60 bits per heavy atom. The number of nitrogens with zero attached hydrogens (tertiary/aromatic N) is 4. The number of nitrogens with one attached hydrogen (secondary N) is 3. The molecule has 0 atom stereocenters. The van der Waals surface area contributed by atoms with Gasteiger partial charge in [-0.05, 0) is 37.8 Å². The third-order valence-corrected chi connectivity index (χ3v) is 5.92. The van der Waals surface area contributed by atoms with E-state index in [0.29, 0.717) is 17.2 Å². The average molecular weight is 477 g/mol. The van der Waals surface area contributed by atoms with Crippen molar-refractivity contribution >= 4 is 34.4 Å². The van der Waals surface area contributed by atoms with Gasteiger partial charge in [-0.2, -0.15) is 9.37 Å². The number of aromatic nitrogens is 4. The minimum absolute atomic E-state index is 0.0606. The molecule has 3 heterocycles. The lowest BCUT2D eigenvalue weighted by Crippen LogP contribution is -2.33. The minimum atomic E-state index is -0.912. The molecule has 1 aliphatic rings. The molecule has 0 unspecified atom stereocenters. The van der Waals surface area contributed by atoms with Crippen LogP contribution < -0.4 is 21.7 Å². The maximum atomic E-state index is 13.6. The van der Waals surface area contributed by atoms with Gasteiger partial charge in [-0.3, -0.25) is 4.79 Å². The van der Waals surface area contributed by atoms with Crippen LogP contribution in [0.2, 0.25) is 0 Å². The topological polar surface area (TPSA) is 142 Å². The van der Waals surface area contributed by atoms with Gasteiger partial charge in [0.2, 0.25) is 11.8 Å². The Morgan fingerprint density at radius 2 is 1.86 bits per heavy atom. The van der Waals surface area contributed by atoms with Crippen LogP contribution in [0.25, 0.3) is 5.65 Å². The monoisotopic (exact) mass is 476 g/mol. The number of para-hydroxylation sites is 1. The number of carbonyl (C=O) groups excluding carboxylic acids is 1. The first kappa shape index (κ1) is 22.5. The zero-order chi connectivity index (χ0) is 24.4. The number of aromatic hydroxyl groups is 1. The molecule has 10 nitrogen and oxygen atoms in total. The quantitative estimate of drug-likeness (QED) is 0.266. The fourth-order valence-electron chi connectivity index (χ4n) is 4.19. The molecule has 1 amide bonds. The number of carbonyl (C=O) groups is 1. The number of anilines is 4. The Labute approximate surface area is 200 Å². The van der Waals surface area contributed by atoms with Crippen molar-refractivity contribution in [2.45, 2.75) is 37.8 Å².